The summed E-state index contributed by atoms with van der Waals surface area (Å²) in [6, 6.07) is 17.1. The number of piperazine rings is 1. The standard InChI is InChI=1S/C22H21ClN6O/c23-19-5-7-20(8-6-19)29-16-17(15-26-29)14-25-22(30)28-11-9-27(10-12-28)21-4-2-1-3-18(21)13-24/h1-8,15-16H,9-12,14H2,(H,25,30). The number of hydrogen-bond donors (Lipinski definition) is 1. The molecule has 1 N–H and O–H groups in total. The number of urea groups is 1. The Kier molecular flexibility index (Phi) is 5.87. The van der Waals surface area contributed by atoms with Crippen molar-refractivity contribution in [3.05, 3.63) is 77.1 Å². The summed E-state index contributed by atoms with van der Waals surface area (Å²) in [7, 11) is 0. The van der Waals surface area contributed by atoms with Gasteiger partial charge >= 0.3 is 6.03 Å². The van der Waals surface area contributed by atoms with Crippen LogP contribution in [-0.4, -0.2) is 46.9 Å². The molecule has 7 nitrogen and oxygen atoms in total. The van der Waals surface area contributed by atoms with Crippen molar-refractivity contribution in [2.24, 2.45) is 0 Å². The van der Waals surface area contributed by atoms with Gasteiger partial charge in [0, 0.05) is 49.5 Å². The van der Waals surface area contributed by atoms with Crippen LogP contribution < -0.4 is 10.2 Å². The molecule has 1 saturated heterocycles. The molecule has 0 aliphatic carbocycles. The largest absolute Gasteiger partial charge is 0.367 e. The number of aromatic nitrogens is 2. The SMILES string of the molecule is N#Cc1ccccc1N1CCN(C(=O)NCc2cnn(-c3ccc(Cl)cc3)c2)CC1. The first-order valence-corrected chi connectivity index (χ1v) is 10.1. The fourth-order valence-corrected chi connectivity index (χ4v) is 3.60. The van der Waals surface area contributed by atoms with Gasteiger partial charge in [0.25, 0.3) is 0 Å². The third-order valence-electron chi connectivity index (χ3n) is 5.10. The Morgan fingerprint density at radius 2 is 1.83 bits per heavy atom. The summed E-state index contributed by atoms with van der Waals surface area (Å²) in [4.78, 5) is 16.5. The minimum Gasteiger partial charge on any atom is -0.367 e. The van der Waals surface area contributed by atoms with Gasteiger partial charge in [-0.15, -0.1) is 0 Å². The van der Waals surface area contributed by atoms with Gasteiger partial charge in [0.15, 0.2) is 0 Å². The second-order valence-corrected chi connectivity index (χ2v) is 7.47. The first kappa shape index (κ1) is 19.8. The maximum Gasteiger partial charge on any atom is 0.317 e. The molecule has 0 unspecified atom stereocenters. The molecule has 1 fully saturated rings. The summed E-state index contributed by atoms with van der Waals surface area (Å²) in [6.07, 6.45) is 3.63. The second kappa shape index (κ2) is 8.89. The van der Waals surface area contributed by atoms with Gasteiger partial charge in [-0.1, -0.05) is 23.7 Å². The molecule has 1 aliphatic rings. The van der Waals surface area contributed by atoms with Crippen molar-refractivity contribution in [1.29, 1.82) is 5.26 Å². The highest BCUT2D eigenvalue weighted by molar-refractivity contribution is 6.30. The third kappa shape index (κ3) is 4.39. The van der Waals surface area contributed by atoms with E-state index >= 15 is 0 Å². The molecule has 4 rings (SSSR count). The maximum atomic E-state index is 12.6. The quantitative estimate of drug-likeness (QED) is 0.701. The van der Waals surface area contributed by atoms with Crippen molar-refractivity contribution in [2.75, 3.05) is 31.1 Å². The lowest BCUT2D eigenvalue weighted by Crippen LogP contribution is -2.51. The fourth-order valence-electron chi connectivity index (χ4n) is 3.47. The fraction of sp³-hybridized carbons (Fsp3) is 0.227. The van der Waals surface area contributed by atoms with Gasteiger partial charge in [-0.25, -0.2) is 9.48 Å². The Bertz CT molecular complexity index is 1060. The van der Waals surface area contributed by atoms with Crippen LogP contribution in [0.4, 0.5) is 10.5 Å². The molecule has 152 valence electrons. The first-order valence-electron chi connectivity index (χ1n) is 9.70. The van der Waals surface area contributed by atoms with Crippen molar-refractivity contribution >= 4 is 23.3 Å². The Hall–Kier alpha value is -3.50. The lowest BCUT2D eigenvalue weighted by atomic mass is 10.1. The highest BCUT2D eigenvalue weighted by atomic mass is 35.5. The molecular weight excluding hydrogens is 400 g/mol. The normalized spacial score (nSPS) is 13.7. The molecule has 0 bridgehead atoms. The van der Waals surface area contributed by atoms with Crippen LogP contribution in [0.1, 0.15) is 11.1 Å². The maximum absolute atomic E-state index is 12.6. The summed E-state index contributed by atoms with van der Waals surface area (Å²) in [5.74, 6) is 0. The van der Waals surface area contributed by atoms with Crippen molar-refractivity contribution in [1.82, 2.24) is 20.0 Å². The zero-order valence-electron chi connectivity index (χ0n) is 16.3. The molecule has 0 radical (unpaired) electrons. The van der Waals surface area contributed by atoms with E-state index in [1.54, 1.807) is 15.8 Å². The van der Waals surface area contributed by atoms with Crippen molar-refractivity contribution < 1.29 is 4.79 Å². The second-order valence-electron chi connectivity index (χ2n) is 7.03. The van der Waals surface area contributed by atoms with Crippen LogP contribution in [0.2, 0.25) is 5.02 Å². The zero-order chi connectivity index (χ0) is 20.9. The molecule has 0 atom stereocenters. The van der Waals surface area contributed by atoms with E-state index in [9.17, 15) is 10.1 Å². The van der Waals surface area contributed by atoms with E-state index in [0.717, 1.165) is 16.9 Å². The predicted molar refractivity (Wildman–Crippen MR) is 116 cm³/mol. The lowest BCUT2D eigenvalue weighted by Gasteiger charge is -2.36. The number of carbonyl (C=O) groups excluding carboxylic acids is 1. The Morgan fingerprint density at radius 1 is 1.10 bits per heavy atom. The highest BCUT2D eigenvalue weighted by Gasteiger charge is 2.22. The molecule has 1 aromatic heterocycles. The molecule has 2 heterocycles. The van der Waals surface area contributed by atoms with Gasteiger partial charge in [0.2, 0.25) is 0 Å². The van der Waals surface area contributed by atoms with E-state index in [1.807, 2.05) is 54.7 Å². The summed E-state index contributed by atoms with van der Waals surface area (Å²) in [5.41, 5.74) is 3.41. The predicted octanol–water partition coefficient (Wildman–Crippen LogP) is 3.43. The van der Waals surface area contributed by atoms with Crippen molar-refractivity contribution in [3.8, 4) is 11.8 Å². The lowest BCUT2D eigenvalue weighted by molar-refractivity contribution is 0.194. The van der Waals surface area contributed by atoms with E-state index < -0.39 is 0 Å². The molecule has 0 saturated carbocycles. The molecule has 0 spiro atoms. The van der Waals surface area contributed by atoms with E-state index in [2.05, 4.69) is 21.4 Å². The monoisotopic (exact) mass is 420 g/mol. The topological polar surface area (TPSA) is 77.2 Å². The molecular formula is C22H21ClN6O. The zero-order valence-corrected chi connectivity index (χ0v) is 17.1. The average Bonchev–Trinajstić information content (AvgIpc) is 3.27. The van der Waals surface area contributed by atoms with Crippen LogP contribution in [0.5, 0.6) is 0 Å². The van der Waals surface area contributed by atoms with Gasteiger partial charge < -0.3 is 15.1 Å². The number of rotatable bonds is 4. The minimum absolute atomic E-state index is 0.0949. The van der Waals surface area contributed by atoms with Crippen molar-refractivity contribution in [3.63, 3.8) is 0 Å². The first-order chi connectivity index (χ1) is 14.6. The van der Waals surface area contributed by atoms with E-state index in [0.29, 0.717) is 43.3 Å². The van der Waals surface area contributed by atoms with Crippen LogP contribution in [0.15, 0.2) is 60.9 Å². The van der Waals surface area contributed by atoms with Gasteiger partial charge in [0.1, 0.15) is 6.07 Å². The smallest absolute Gasteiger partial charge is 0.317 e. The summed E-state index contributed by atoms with van der Waals surface area (Å²) >= 11 is 5.92. The van der Waals surface area contributed by atoms with E-state index in [1.165, 1.54) is 0 Å². The number of para-hydroxylation sites is 1. The molecule has 2 amide bonds. The molecule has 30 heavy (non-hydrogen) atoms. The van der Waals surface area contributed by atoms with Crippen LogP contribution in [-0.2, 0) is 6.54 Å². The van der Waals surface area contributed by atoms with Crippen molar-refractivity contribution in [2.45, 2.75) is 6.54 Å². The van der Waals surface area contributed by atoms with Crippen LogP contribution in [0.25, 0.3) is 5.69 Å². The Morgan fingerprint density at radius 3 is 2.57 bits per heavy atom. The summed E-state index contributed by atoms with van der Waals surface area (Å²) in [5, 5.41) is 17.3. The molecule has 3 aromatic rings. The number of benzene rings is 2. The molecule has 1 aliphatic heterocycles. The number of carbonyl (C=O) groups is 1. The number of anilines is 1. The van der Waals surface area contributed by atoms with Gasteiger partial charge in [0.05, 0.1) is 23.1 Å². The number of nitriles is 1. The number of nitrogens with zero attached hydrogens (tertiary/aromatic N) is 5. The van der Waals surface area contributed by atoms with Crippen LogP contribution >= 0.6 is 11.6 Å². The summed E-state index contributed by atoms with van der Waals surface area (Å²) < 4.78 is 1.75. The van der Waals surface area contributed by atoms with Gasteiger partial charge in [-0.3, -0.25) is 0 Å². The molecule has 8 heteroatoms. The van der Waals surface area contributed by atoms with E-state index in [4.69, 9.17) is 11.6 Å². The molecule has 2 aromatic carbocycles. The Labute approximate surface area is 180 Å². The summed E-state index contributed by atoms with van der Waals surface area (Å²) in [6.45, 7) is 3.01. The van der Waals surface area contributed by atoms with Gasteiger partial charge in [-0.05, 0) is 36.4 Å². The average molecular weight is 421 g/mol. The Balaban J connectivity index is 1.29. The number of hydrogen-bond acceptors (Lipinski definition) is 4. The number of amides is 2. The van der Waals surface area contributed by atoms with Crippen LogP contribution in [0, 0.1) is 11.3 Å². The number of nitrogens with one attached hydrogen (secondary N) is 1. The third-order valence-corrected chi connectivity index (χ3v) is 5.36. The number of halogens is 1. The minimum atomic E-state index is -0.0949. The van der Waals surface area contributed by atoms with Gasteiger partial charge in [-0.2, -0.15) is 10.4 Å². The van der Waals surface area contributed by atoms with Crippen LogP contribution in [0.3, 0.4) is 0 Å². The van der Waals surface area contributed by atoms with E-state index in [-0.39, 0.29) is 6.03 Å². The highest BCUT2D eigenvalue weighted by Crippen LogP contribution is 2.21.